The van der Waals surface area contributed by atoms with Crippen molar-refractivity contribution >= 4 is 33.1 Å². The Morgan fingerprint density at radius 2 is 1.77 bits per heavy atom. The van der Waals surface area contributed by atoms with Crippen molar-refractivity contribution in [2.45, 2.75) is 17.1 Å². The molecule has 0 atom stereocenters. The molecule has 4 nitrogen and oxygen atoms in total. The Morgan fingerprint density at radius 3 is 2.42 bits per heavy atom. The highest BCUT2D eigenvalue weighted by molar-refractivity contribution is 7.90. The summed E-state index contributed by atoms with van der Waals surface area (Å²) in [5, 5.41) is 0.750. The number of aromatic amines is 1. The second kappa shape index (κ2) is 8.20. The molecule has 0 spiro atoms. The fourth-order valence-corrected chi connectivity index (χ4v) is 4.29. The first kappa shape index (κ1) is 20.4. The lowest BCUT2D eigenvalue weighted by molar-refractivity contribution is 0.414. The van der Waals surface area contributed by atoms with E-state index >= 15 is 0 Å². The molecule has 0 saturated carbocycles. The standard InChI is InChI=1S/C19H21FN2O2S.ClH/c1-22(2)11-10-16-17-12-14(20)8-9-18(17)21-19(16)13-25(23,24)15-6-4-3-5-7-15;/h3-9,12,21H,10-11,13H2,1-2H3;1H. The molecule has 140 valence electrons. The first-order valence-corrected chi connectivity index (χ1v) is 9.73. The van der Waals surface area contributed by atoms with E-state index in [-0.39, 0.29) is 24.0 Å². The van der Waals surface area contributed by atoms with Crippen LogP contribution in [0.15, 0.2) is 53.4 Å². The molecule has 0 aliphatic carbocycles. The van der Waals surface area contributed by atoms with Gasteiger partial charge in [-0.05, 0) is 56.4 Å². The van der Waals surface area contributed by atoms with E-state index in [4.69, 9.17) is 0 Å². The van der Waals surface area contributed by atoms with E-state index in [0.29, 0.717) is 17.0 Å². The van der Waals surface area contributed by atoms with Crippen LogP contribution in [0.25, 0.3) is 10.9 Å². The molecule has 2 aromatic carbocycles. The van der Waals surface area contributed by atoms with Crippen LogP contribution in [0, 0.1) is 5.82 Å². The Morgan fingerprint density at radius 1 is 1.08 bits per heavy atom. The van der Waals surface area contributed by atoms with Gasteiger partial charge >= 0.3 is 0 Å². The third-order valence-electron chi connectivity index (χ3n) is 4.20. The first-order chi connectivity index (χ1) is 11.9. The molecule has 0 fully saturated rings. The highest BCUT2D eigenvalue weighted by atomic mass is 35.5. The number of sulfone groups is 1. The lowest BCUT2D eigenvalue weighted by atomic mass is 10.1. The molecule has 0 saturated heterocycles. The predicted molar refractivity (Wildman–Crippen MR) is 105 cm³/mol. The van der Waals surface area contributed by atoms with Crippen LogP contribution in [0.2, 0.25) is 0 Å². The molecule has 3 rings (SSSR count). The van der Waals surface area contributed by atoms with Gasteiger partial charge in [0.1, 0.15) is 5.82 Å². The van der Waals surface area contributed by atoms with Gasteiger partial charge in [0.05, 0.1) is 10.6 Å². The van der Waals surface area contributed by atoms with E-state index in [1.54, 1.807) is 36.4 Å². The van der Waals surface area contributed by atoms with Crippen LogP contribution in [0.1, 0.15) is 11.3 Å². The molecule has 3 aromatic rings. The van der Waals surface area contributed by atoms with Crippen molar-refractivity contribution in [2.24, 2.45) is 0 Å². The van der Waals surface area contributed by atoms with Crippen molar-refractivity contribution in [2.75, 3.05) is 20.6 Å². The SMILES string of the molecule is CN(C)CCc1c(CS(=O)(=O)c2ccccc2)[nH]c2ccc(F)cc12.Cl. The number of benzene rings is 2. The van der Waals surface area contributed by atoms with Crippen LogP contribution in [-0.2, 0) is 22.0 Å². The third-order valence-corrected chi connectivity index (χ3v) is 5.86. The van der Waals surface area contributed by atoms with Crippen LogP contribution >= 0.6 is 12.4 Å². The highest BCUT2D eigenvalue weighted by Gasteiger charge is 2.20. The van der Waals surface area contributed by atoms with Crippen molar-refractivity contribution in [1.29, 1.82) is 0 Å². The summed E-state index contributed by atoms with van der Waals surface area (Å²) in [6.45, 7) is 0.752. The molecule has 1 aromatic heterocycles. The highest BCUT2D eigenvalue weighted by Crippen LogP contribution is 2.27. The van der Waals surface area contributed by atoms with Crippen LogP contribution in [0.3, 0.4) is 0 Å². The minimum atomic E-state index is -3.47. The van der Waals surface area contributed by atoms with Crippen molar-refractivity contribution < 1.29 is 12.8 Å². The van der Waals surface area contributed by atoms with Gasteiger partial charge in [-0.25, -0.2) is 12.8 Å². The number of rotatable bonds is 6. The maximum Gasteiger partial charge on any atom is 0.183 e. The fraction of sp³-hybridized carbons (Fsp3) is 0.263. The van der Waals surface area contributed by atoms with Crippen LogP contribution in [-0.4, -0.2) is 38.9 Å². The zero-order chi connectivity index (χ0) is 18.0. The fourth-order valence-electron chi connectivity index (χ4n) is 2.92. The lowest BCUT2D eigenvalue weighted by Crippen LogP contribution is -2.16. The maximum absolute atomic E-state index is 13.7. The second-order valence-corrected chi connectivity index (χ2v) is 8.39. The van der Waals surface area contributed by atoms with Crippen molar-refractivity contribution in [3.05, 3.63) is 65.6 Å². The summed E-state index contributed by atoms with van der Waals surface area (Å²) in [5.74, 6) is -0.453. The van der Waals surface area contributed by atoms with Gasteiger partial charge in [0.2, 0.25) is 0 Å². The number of nitrogens with one attached hydrogen (secondary N) is 1. The summed E-state index contributed by atoms with van der Waals surface area (Å²) in [4.78, 5) is 5.49. The number of halogens is 2. The van der Waals surface area contributed by atoms with Gasteiger partial charge in [0.15, 0.2) is 9.84 Å². The summed E-state index contributed by atoms with van der Waals surface area (Å²) in [6, 6.07) is 12.9. The number of hydrogen-bond donors (Lipinski definition) is 1. The van der Waals surface area contributed by atoms with Gasteiger partial charge in [-0.15, -0.1) is 12.4 Å². The summed E-state index contributed by atoms with van der Waals surface area (Å²) in [5.41, 5.74) is 2.25. The number of likely N-dealkylation sites (N-methyl/N-ethyl adjacent to an activating group) is 1. The summed E-state index contributed by atoms with van der Waals surface area (Å²) < 4.78 is 39.1. The normalized spacial score (nSPS) is 11.7. The van der Waals surface area contributed by atoms with Gasteiger partial charge in [-0.2, -0.15) is 0 Å². The van der Waals surface area contributed by atoms with E-state index in [1.165, 1.54) is 12.1 Å². The van der Waals surface area contributed by atoms with Crippen molar-refractivity contribution in [1.82, 2.24) is 9.88 Å². The Labute approximate surface area is 159 Å². The van der Waals surface area contributed by atoms with E-state index in [1.807, 2.05) is 19.0 Å². The number of fused-ring (bicyclic) bond motifs is 1. The molecule has 0 amide bonds. The molecule has 7 heteroatoms. The minimum absolute atomic E-state index is 0. The summed E-state index contributed by atoms with van der Waals surface area (Å²) in [6.07, 6.45) is 0.649. The molecule has 0 aliphatic heterocycles. The molecule has 1 heterocycles. The zero-order valence-corrected chi connectivity index (χ0v) is 16.3. The number of aromatic nitrogens is 1. The van der Waals surface area contributed by atoms with E-state index < -0.39 is 9.84 Å². The maximum atomic E-state index is 13.7. The topological polar surface area (TPSA) is 53.2 Å². The lowest BCUT2D eigenvalue weighted by Gasteiger charge is -2.11. The molecule has 0 aliphatic rings. The van der Waals surface area contributed by atoms with Gasteiger partial charge in [-0.1, -0.05) is 18.2 Å². The van der Waals surface area contributed by atoms with Crippen LogP contribution in [0.5, 0.6) is 0 Å². The molecule has 1 N–H and O–H groups in total. The van der Waals surface area contributed by atoms with Gasteiger partial charge in [0, 0.05) is 23.1 Å². The van der Waals surface area contributed by atoms with Crippen LogP contribution < -0.4 is 0 Å². The van der Waals surface area contributed by atoms with Crippen LogP contribution in [0.4, 0.5) is 4.39 Å². The number of hydrogen-bond acceptors (Lipinski definition) is 3. The van der Waals surface area contributed by atoms with Gasteiger partial charge in [-0.3, -0.25) is 0 Å². The molecule has 0 radical (unpaired) electrons. The van der Waals surface area contributed by atoms with Crippen molar-refractivity contribution in [3.8, 4) is 0 Å². The second-order valence-electron chi connectivity index (χ2n) is 6.40. The molecule has 26 heavy (non-hydrogen) atoms. The summed E-state index contributed by atoms with van der Waals surface area (Å²) >= 11 is 0. The Balaban J connectivity index is 0.00000243. The van der Waals surface area contributed by atoms with Crippen molar-refractivity contribution in [3.63, 3.8) is 0 Å². The average Bonchev–Trinajstić information content (AvgIpc) is 2.89. The minimum Gasteiger partial charge on any atom is -0.357 e. The Bertz CT molecular complexity index is 985. The molecular weight excluding hydrogens is 375 g/mol. The molecule has 0 bridgehead atoms. The number of nitrogens with zero attached hydrogens (tertiary/aromatic N) is 1. The largest absolute Gasteiger partial charge is 0.357 e. The van der Waals surface area contributed by atoms with E-state index in [2.05, 4.69) is 4.98 Å². The summed E-state index contributed by atoms with van der Waals surface area (Å²) in [7, 11) is 0.438. The molecule has 0 unspecified atom stereocenters. The average molecular weight is 397 g/mol. The smallest absolute Gasteiger partial charge is 0.183 e. The first-order valence-electron chi connectivity index (χ1n) is 8.08. The Kier molecular flexibility index (Phi) is 6.44. The third kappa shape index (κ3) is 4.44. The Hall–Kier alpha value is -1.89. The van der Waals surface area contributed by atoms with E-state index in [0.717, 1.165) is 23.0 Å². The van der Waals surface area contributed by atoms with Gasteiger partial charge in [0.25, 0.3) is 0 Å². The quantitative estimate of drug-likeness (QED) is 0.689. The van der Waals surface area contributed by atoms with Gasteiger partial charge < -0.3 is 9.88 Å². The van der Waals surface area contributed by atoms with E-state index in [9.17, 15) is 12.8 Å². The monoisotopic (exact) mass is 396 g/mol. The zero-order valence-electron chi connectivity index (χ0n) is 14.7. The predicted octanol–water partition coefficient (Wildman–Crippen LogP) is 3.81. The molecular formula is C19H22ClFN2O2S. The number of H-pyrrole nitrogens is 1.